The summed E-state index contributed by atoms with van der Waals surface area (Å²) in [5.41, 5.74) is 6.12. The summed E-state index contributed by atoms with van der Waals surface area (Å²) in [7, 11) is 0. The molecule has 0 fully saturated rings. The number of carboxylic acid groups (broad SMARTS) is 2. The highest BCUT2D eigenvalue weighted by molar-refractivity contribution is 5.73. The molecule has 0 aliphatic heterocycles. The molecule has 0 saturated carbocycles. The molecule has 0 amide bonds. The van der Waals surface area contributed by atoms with Crippen LogP contribution in [0.1, 0.15) is 39.7 Å². The standard InChI is InChI=1S/C11H15NO2.C4H9NO2.CH4/c1-2-10(11(13)14)12-8-9-6-4-3-5-7-9;1-2-3(5)4(6)7;/h3-7,10,12H,2,8H2,1H3,(H,13,14);3H,2,5H2,1H3,(H,6,7);1H4/t10-;3-;/m00./s1. The van der Waals surface area contributed by atoms with Gasteiger partial charge in [-0.05, 0) is 18.4 Å². The Labute approximate surface area is 132 Å². The van der Waals surface area contributed by atoms with Crippen molar-refractivity contribution >= 4 is 11.9 Å². The molecule has 5 N–H and O–H groups in total. The Balaban J connectivity index is 0. The lowest BCUT2D eigenvalue weighted by Gasteiger charge is -2.11. The zero-order valence-corrected chi connectivity index (χ0v) is 12.5. The van der Waals surface area contributed by atoms with Gasteiger partial charge in [-0.2, -0.15) is 0 Å². The molecule has 0 saturated heterocycles. The molecule has 0 bridgehead atoms. The van der Waals surface area contributed by atoms with Crippen LogP contribution in [0.25, 0.3) is 0 Å². The summed E-state index contributed by atoms with van der Waals surface area (Å²) in [5.74, 6) is -1.72. The van der Waals surface area contributed by atoms with Crippen LogP contribution in [0, 0.1) is 0 Å². The highest BCUT2D eigenvalue weighted by atomic mass is 16.4. The van der Waals surface area contributed by atoms with Crippen molar-refractivity contribution in [2.24, 2.45) is 5.73 Å². The van der Waals surface area contributed by atoms with Crippen LogP contribution < -0.4 is 11.1 Å². The van der Waals surface area contributed by atoms with Gasteiger partial charge in [0.1, 0.15) is 12.1 Å². The summed E-state index contributed by atoms with van der Waals surface area (Å²) < 4.78 is 0. The van der Waals surface area contributed by atoms with E-state index in [9.17, 15) is 9.59 Å². The van der Waals surface area contributed by atoms with Crippen molar-refractivity contribution in [3.05, 3.63) is 35.9 Å². The molecule has 1 aromatic carbocycles. The first-order valence-corrected chi connectivity index (χ1v) is 6.90. The van der Waals surface area contributed by atoms with E-state index < -0.39 is 24.0 Å². The number of nitrogens with two attached hydrogens (primary N) is 1. The number of rotatable bonds is 7. The van der Waals surface area contributed by atoms with Crippen molar-refractivity contribution in [1.82, 2.24) is 5.32 Å². The molecule has 6 nitrogen and oxygen atoms in total. The number of benzene rings is 1. The normalized spacial score (nSPS) is 12.1. The second-order valence-corrected chi connectivity index (χ2v) is 4.52. The smallest absolute Gasteiger partial charge is 0.320 e. The Kier molecular flexibility index (Phi) is 13.0. The van der Waals surface area contributed by atoms with Gasteiger partial charge in [0.25, 0.3) is 0 Å². The second kappa shape index (κ2) is 12.8. The van der Waals surface area contributed by atoms with Gasteiger partial charge < -0.3 is 21.3 Å². The maximum absolute atomic E-state index is 10.7. The monoisotopic (exact) mass is 312 g/mol. The predicted molar refractivity (Wildman–Crippen MR) is 87.6 cm³/mol. The molecule has 1 aromatic rings. The van der Waals surface area contributed by atoms with E-state index in [1.54, 1.807) is 6.92 Å². The first-order chi connectivity index (χ1) is 9.92. The Morgan fingerprint density at radius 3 is 1.95 bits per heavy atom. The number of hydrogen-bond acceptors (Lipinski definition) is 4. The molecule has 0 heterocycles. The molecule has 1 rings (SSSR count). The van der Waals surface area contributed by atoms with Crippen LogP contribution in [0.5, 0.6) is 0 Å². The van der Waals surface area contributed by atoms with Crippen molar-refractivity contribution in [3.8, 4) is 0 Å². The van der Waals surface area contributed by atoms with Crippen LogP contribution in [0.15, 0.2) is 30.3 Å². The fourth-order valence-corrected chi connectivity index (χ4v) is 1.42. The number of nitrogens with one attached hydrogen (secondary N) is 1. The highest BCUT2D eigenvalue weighted by Crippen LogP contribution is 1.99. The molecule has 0 unspecified atom stereocenters. The van der Waals surface area contributed by atoms with E-state index in [-0.39, 0.29) is 7.43 Å². The van der Waals surface area contributed by atoms with Crippen molar-refractivity contribution in [1.29, 1.82) is 0 Å². The molecule has 0 aliphatic rings. The quantitative estimate of drug-likeness (QED) is 0.613. The third-order valence-electron chi connectivity index (χ3n) is 2.86. The van der Waals surface area contributed by atoms with Crippen molar-refractivity contribution in [2.75, 3.05) is 0 Å². The molecular formula is C16H28N2O4. The lowest BCUT2D eigenvalue weighted by atomic mass is 10.2. The van der Waals surface area contributed by atoms with Crippen LogP contribution in [-0.2, 0) is 16.1 Å². The Morgan fingerprint density at radius 2 is 1.64 bits per heavy atom. The number of carbonyl (C=O) groups is 2. The third-order valence-corrected chi connectivity index (χ3v) is 2.86. The lowest BCUT2D eigenvalue weighted by Crippen LogP contribution is -2.35. The van der Waals surface area contributed by atoms with Crippen molar-refractivity contribution in [2.45, 2.75) is 52.7 Å². The zero-order chi connectivity index (χ0) is 16.3. The zero-order valence-electron chi connectivity index (χ0n) is 12.5. The van der Waals surface area contributed by atoms with Gasteiger partial charge in [-0.15, -0.1) is 0 Å². The summed E-state index contributed by atoms with van der Waals surface area (Å²) in [4.78, 5) is 20.5. The Morgan fingerprint density at radius 1 is 1.09 bits per heavy atom. The van der Waals surface area contributed by atoms with Gasteiger partial charge in [0.05, 0.1) is 0 Å². The SMILES string of the molecule is C.CC[C@H](N)C(=O)O.CC[C@H](NCc1ccccc1)C(=O)O. The van der Waals surface area contributed by atoms with Gasteiger partial charge in [-0.25, -0.2) is 0 Å². The molecule has 0 aliphatic carbocycles. The van der Waals surface area contributed by atoms with Crippen molar-refractivity contribution < 1.29 is 19.8 Å². The summed E-state index contributed by atoms with van der Waals surface area (Å²) >= 11 is 0. The molecule has 0 spiro atoms. The van der Waals surface area contributed by atoms with Gasteiger partial charge in [-0.3, -0.25) is 9.59 Å². The van der Waals surface area contributed by atoms with E-state index in [0.717, 1.165) is 5.56 Å². The van der Waals surface area contributed by atoms with E-state index in [1.165, 1.54) is 0 Å². The third kappa shape index (κ3) is 9.90. The number of carboxylic acids is 2. The van der Waals surface area contributed by atoms with Crippen LogP contribution in [0.3, 0.4) is 0 Å². The second-order valence-electron chi connectivity index (χ2n) is 4.52. The molecule has 2 atom stereocenters. The van der Waals surface area contributed by atoms with E-state index in [2.05, 4.69) is 5.32 Å². The minimum Gasteiger partial charge on any atom is -0.480 e. The van der Waals surface area contributed by atoms with Gasteiger partial charge in [0, 0.05) is 6.54 Å². The lowest BCUT2D eigenvalue weighted by molar-refractivity contribution is -0.140. The van der Waals surface area contributed by atoms with E-state index in [0.29, 0.717) is 19.4 Å². The van der Waals surface area contributed by atoms with E-state index in [4.69, 9.17) is 15.9 Å². The summed E-state index contributed by atoms with van der Waals surface area (Å²) in [6.45, 7) is 4.20. The van der Waals surface area contributed by atoms with Gasteiger partial charge in [0.2, 0.25) is 0 Å². The van der Waals surface area contributed by atoms with E-state index in [1.807, 2.05) is 37.3 Å². The van der Waals surface area contributed by atoms with Crippen LogP contribution in [0.2, 0.25) is 0 Å². The molecule has 6 heteroatoms. The highest BCUT2D eigenvalue weighted by Gasteiger charge is 2.13. The van der Waals surface area contributed by atoms with Crippen LogP contribution >= 0.6 is 0 Å². The summed E-state index contributed by atoms with van der Waals surface area (Å²) in [5, 5.41) is 19.8. The van der Waals surface area contributed by atoms with Gasteiger partial charge in [-0.1, -0.05) is 51.6 Å². The molecule has 0 aromatic heterocycles. The predicted octanol–water partition coefficient (Wildman–Crippen LogP) is 2.08. The molecular weight excluding hydrogens is 284 g/mol. The topological polar surface area (TPSA) is 113 Å². The fourth-order valence-electron chi connectivity index (χ4n) is 1.42. The Bertz CT molecular complexity index is 423. The minimum atomic E-state index is -0.928. The average Bonchev–Trinajstić information content (AvgIpc) is 2.48. The molecule has 22 heavy (non-hydrogen) atoms. The number of aliphatic carboxylic acids is 2. The van der Waals surface area contributed by atoms with Gasteiger partial charge in [0.15, 0.2) is 0 Å². The maximum atomic E-state index is 10.7. The first-order valence-electron chi connectivity index (χ1n) is 6.90. The largest absolute Gasteiger partial charge is 0.480 e. The first kappa shape index (κ1) is 22.4. The molecule has 126 valence electrons. The van der Waals surface area contributed by atoms with Crippen LogP contribution in [-0.4, -0.2) is 34.2 Å². The van der Waals surface area contributed by atoms with Crippen LogP contribution in [0.4, 0.5) is 0 Å². The summed E-state index contributed by atoms with van der Waals surface area (Å²) in [6, 6.07) is 8.65. The maximum Gasteiger partial charge on any atom is 0.320 e. The Hall–Kier alpha value is -1.92. The molecule has 0 radical (unpaired) electrons. The van der Waals surface area contributed by atoms with Gasteiger partial charge >= 0.3 is 11.9 Å². The number of hydrogen-bond donors (Lipinski definition) is 4. The summed E-state index contributed by atoms with van der Waals surface area (Å²) in [6.07, 6.45) is 1.09. The van der Waals surface area contributed by atoms with E-state index >= 15 is 0 Å². The van der Waals surface area contributed by atoms with Crippen molar-refractivity contribution in [3.63, 3.8) is 0 Å². The fraction of sp³-hybridized carbons (Fsp3) is 0.500. The average molecular weight is 312 g/mol. The minimum absolute atomic E-state index is 0.